The van der Waals surface area contributed by atoms with E-state index in [0.29, 0.717) is 37.4 Å². The van der Waals surface area contributed by atoms with Crippen LogP contribution in [0, 0.1) is 6.92 Å². The largest absolute Gasteiger partial charge is 0.465 e. The number of aliphatic hydroxyl groups excluding tert-OH is 1. The molecule has 2 aromatic rings. The summed E-state index contributed by atoms with van der Waals surface area (Å²) in [4.78, 5) is 18.5. The fourth-order valence-electron chi connectivity index (χ4n) is 3.25. The van der Waals surface area contributed by atoms with Crippen LogP contribution in [0.25, 0.3) is 0 Å². The maximum Gasteiger partial charge on any atom is 0.339 e. The smallest absolute Gasteiger partial charge is 0.339 e. The van der Waals surface area contributed by atoms with Crippen LogP contribution in [0.2, 0.25) is 0 Å². The lowest BCUT2D eigenvalue weighted by atomic mass is 10.0. The van der Waals surface area contributed by atoms with Crippen LogP contribution >= 0.6 is 0 Å². The molecular formula is C20H24N2O4. The number of methoxy groups -OCH3 is 1. The second kappa shape index (κ2) is 8.29. The number of hydrogen-bond acceptors (Lipinski definition) is 6. The highest BCUT2D eigenvalue weighted by Gasteiger charge is 2.27. The average Bonchev–Trinajstić information content (AvgIpc) is 2.68. The van der Waals surface area contributed by atoms with E-state index in [1.807, 2.05) is 36.4 Å². The number of anilines is 1. The molecule has 1 aliphatic heterocycles. The number of aromatic nitrogens is 1. The number of rotatable bonds is 5. The highest BCUT2D eigenvalue weighted by atomic mass is 16.5. The van der Waals surface area contributed by atoms with Gasteiger partial charge in [-0.15, -0.1) is 0 Å². The molecule has 6 heteroatoms. The number of pyridine rings is 1. The summed E-state index contributed by atoms with van der Waals surface area (Å²) in [5.74, 6) is 0.392. The summed E-state index contributed by atoms with van der Waals surface area (Å²) in [6, 6.07) is 13.2. The molecule has 26 heavy (non-hydrogen) atoms. The van der Waals surface area contributed by atoms with Gasteiger partial charge in [0.25, 0.3) is 0 Å². The number of ether oxygens (including phenoxy) is 2. The van der Waals surface area contributed by atoms with E-state index < -0.39 is 6.10 Å². The van der Waals surface area contributed by atoms with Crippen LogP contribution in [-0.4, -0.2) is 49.0 Å². The van der Waals surface area contributed by atoms with Crippen molar-refractivity contribution in [3.05, 3.63) is 59.3 Å². The van der Waals surface area contributed by atoms with Crippen LogP contribution in [-0.2, 0) is 9.47 Å². The molecule has 0 saturated carbocycles. The molecule has 1 N–H and O–H groups in total. The number of carbonyl (C=O) groups is 1. The summed E-state index contributed by atoms with van der Waals surface area (Å²) in [7, 11) is 1.36. The number of aliphatic hydroxyl groups is 1. The lowest BCUT2D eigenvalue weighted by molar-refractivity contribution is 0.0599. The molecule has 0 bridgehead atoms. The van der Waals surface area contributed by atoms with E-state index in [1.165, 1.54) is 7.11 Å². The van der Waals surface area contributed by atoms with E-state index in [4.69, 9.17) is 9.47 Å². The van der Waals surface area contributed by atoms with Crippen molar-refractivity contribution < 1.29 is 19.4 Å². The van der Waals surface area contributed by atoms with Gasteiger partial charge >= 0.3 is 5.97 Å². The highest BCUT2D eigenvalue weighted by molar-refractivity contribution is 5.90. The van der Waals surface area contributed by atoms with Crippen LogP contribution < -0.4 is 4.90 Å². The van der Waals surface area contributed by atoms with Gasteiger partial charge in [0.2, 0.25) is 0 Å². The monoisotopic (exact) mass is 356 g/mol. The first-order valence-electron chi connectivity index (χ1n) is 8.73. The molecular weight excluding hydrogens is 332 g/mol. The van der Waals surface area contributed by atoms with Crippen molar-refractivity contribution in [3.63, 3.8) is 0 Å². The van der Waals surface area contributed by atoms with Crippen molar-refractivity contribution in [3.8, 4) is 0 Å². The molecule has 2 atom stereocenters. The number of carbonyl (C=O) groups excluding carboxylic acids is 1. The minimum Gasteiger partial charge on any atom is -0.465 e. The fraction of sp³-hybridized carbons (Fsp3) is 0.400. The van der Waals surface area contributed by atoms with Crippen LogP contribution in [0.4, 0.5) is 5.82 Å². The average molecular weight is 356 g/mol. The van der Waals surface area contributed by atoms with E-state index in [0.717, 1.165) is 11.4 Å². The van der Waals surface area contributed by atoms with Crippen LogP contribution in [0.15, 0.2) is 42.5 Å². The topological polar surface area (TPSA) is 71.9 Å². The Kier molecular flexibility index (Phi) is 5.85. The molecule has 138 valence electrons. The Labute approximate surface area is 153 Å². The first-order valence-corrected chi connectivity index (χ1v) is 8.73. The molecule has 0 amide bonds. The summed E-state index contributed by atoms with van der Waals surface area (Å²) >= 11 is 0. The fourth-order valence-corrected chi connectivity index (χ4v) is 3.25. The van der Waals surface area contributed by atoms with Crippen molar-refractivity contribution in [1.82, 2.24) is 4.98 Å². The third kappa shape index (κ3) is 4.03. The maximum absolute atomic E-state index is 11.8. The summed E-state index contributed by atoms with van der Waals surface area (Å²) < 4.78 is 10.4. The van der Waals surface area contributed by atoms with Crippen molar-refractivity contribution >= 4 is 11.8 Å². The standard InChI is InChI=1S/C20H24N2O4/c1-14-17(20(24)25-2)8-9-19(21-14)22-10-11-26-13-16(22)12-18(23)15-6-4-3-5-7-15/h3-9,16,18,23H,10-13H2,1-2H3. The first kappa shape index (κ1) is 18.4. The molecule has 0 spiro atoms. The first-order chi connectivity index (χ1) is 12.6. The van der Waals surface area contributed by atoms with Gasteiger partial charge in [0.05, 0.1) is 43.7 Å². The van der Waals surface area contributed by atoms with Gasteiger partial charge in [-0.1, -0.05) is 30.3 Å². The van der Waals surface area contributed by atoms with Gasteiger partial charge in [0.15, 0.2) is 0 Å². The summed E-state index contributed by atoms with van der Waals surface area (Å²) in [6.07, 6.45) is -0.0235. The van der Waals surface area contributed by atoms with Gasteiger partial charge in [-0.05, 0) is 24.6 Å². The molecule has 0 radical (unpaired) electrons. The summed E-state index contributed by atoms with van der Waals surface area (Å²) in [5.41, 5.74) is 1.98. The predicted octanol–water partition coefficient (Wildman–Crippen LogP) is 2.51. The Hall–Kier alpha value is -2.44. The Balaban J connectivity index is 1.78. The number of benzene rings is 1. The van der Waals surface area contributed by atoms with Gasteiger partial charge in [-0.3, -0.25) is 0 Å². The molecule has 3 rings (SSSR count). The molecule has 6 nitrogen and oxygen atoms in total. The number of esters is 1. The maximum atomic E-state index is 11.8. The zero-order valence-corrected chi connectivity index (χ0v) is 15.1. The van der Waals surface area contributed by atoms with Crippen molar-refractivity contribution in [2.45, 2.75) is 25.5 Å². The quantitative estimate of drug-likeness (QED) is 0.830. The van der Waals surface area contributed by atoms with E-state index in [9.17, 15) is 9.90 Å². The second-order valence-electron chi connectivity index (χ2n) is 6.38. The molecule has 1 aromatic carbocycles. The Morgan fingerprint density at radius 1 is 1.35 bits per heavy atom. The van der Waals surface area contributed by atoms with Crippen LogP contribution in [0.1, 0.15) is 34.1 Å². The molecule has 2 heterocycles. The third-order valence-electron chi connectivity index (χ3n) is 4.68. The molecule has 1 aliphatic rings. The van der Waals surface area contributed by atoms with Crippen molar-refractivity contribution in [2.24, 2.45) is 0 Å². The van der Waals surface area contributed by atoms with Crippen molar-refractivity contribution in [1.29, 1.82) is 0 Å². The van der Waals surface area contributed by atoms with Gasteiger partial charge in [-0.2, -0.15) is 0 Å². The third-order valence-corrected chi connectivity index (χ3v) is 4.68. The molecule has 1 aromatic heterocycles. The van der Waals surface area contributed by atoms with E-state index in [-0.39, 0.29) is 12.0 Å². The second-order valence-corrected chi connectivity index (χ2v) is 6.38. The van der Waals surface area contributed by atoms with E-state index in [2.05, 4.69) is 9.88 Å². The van der Waals surface area contributed by atoms with Gasteiger partial charge in [0.1, 0.15) is 5.82 Å². The zero-order valence-electron chi connectivity index (χ0n) is 15.1. The Morgan fingerprint density at radius 2 is 2.12 bits per heavy atom. The Morgan fingerprint density at radius 3 is 2.81 bits per heavy atom. The number of hydrogen-bond donors (Lipinski definition) is 1. The molecule has 1 saturated heterocycles. The SMILES string of the molecule is COC(=O)c1ccc(N2CCOCC2CC(O)c2ccccc2)nc1C. The highest BCUT2D eigenvalue weighted by Crippen LogP contribution is 2.26. The number of nitrogens with zero attached hydrogens (tertiary/aromatic N) is 2. The van der Waals surface area contributed by atoms with Gasteiger partial charge in [-0.25, -0.2) is 9.78 Å². The van der Waals surface area contributed by atoms with Crippen molar-refractivity contribution in [2.75, 3.05) is 31.8 Å². The zero-order chi connectivity index (χ0) is 18.5. The molecule has 0 aliphatic carbocycles. The minimum atomic E-state index is -0.569. The Bertz CT molecular complexity index is 751. The predicted molar refractivity (Wildman–Crippen MR) is 98.3 cm³/mol. The van der Waals surface area contributed by atoms with E-state index in [1.54, 1.807) is 13.0 Å². The van der Waals surface area contributed by atoms with E-state index >= 15 is 0 Å². The lowest BCUT2D eigenvalue weighted by Gasteiger charge is -2.37. The summed E-state index contributed by atoms with van der Waals surface area (Å²) in [6.45, 7) is 3.63. The van der Waals surface area contributed by atoms with Gasteiger partial charge in [0, 0.05) is 13.0 Å². The van der Waals surface area contributed by atoms with Crippen LogP contribution in [0.5, 0.6) is 0 Å². The molecule has 1 fully saturated rings. The molecule has 2 unspecified atom stereocenters. The number of morpholine rings is 1. The minimum absolute atomic E-state index is 0.00910. The van der Waals surface area contributed by atoms with Gasteiger partial charge < -0.3 is 19.5 Å². The number of aryl methyl sites for hydroxylation is 1. The van der Waals surface area contributed by atoms with Crippen LogP contribution in [0.3, 0.4) is 0 Å². The lowest BCUT2D eigenvalue weighted by Crippen LogP contribution is -2.46. The summed E-state index contributed by atoms with van der Waals surface area (Å²) in [5, 5.41) is 10.6. The normalized spacial score (nSPS) is 18.4.